The lowest BCUT2D eigenvalue weighted by Gasteiger charge is -2.08. The first-order valence-corrected chi connectivity index (χ1v) is 6.00. The predicted octanol–water partition coefficient (Wildman–Crippen LogP) is 3.87. The molecule has 0 fully saturated rings. The minimum atomic E-state index is -4.46. The maximum Gasteiger partial charge on any atom is 0.416 e. The zero-order valence-electron chi connectivity index (χ0n) is 10.9. The van der Waals surface area contributed by atoms with E-state index in [2.05, 4.69) is 5.32 Å². The Kier molecular flexibility index (Phi) is 4.11. The molecule has 0 aliphatic carbocycles. The molecular weight excluding hydrogens is 301 g/mol. The highest BCUT2D eigenvalue weighted by Gasteiger charge is 2.30. The van der Waals surface area contributed by atoms with Gasteiger partial charge in [-0.3, -0.25) is 14.9 Å². The van der Waals surface area contributed by atoms with Gasteiger partial charge in [0.1, 0.15) is 0 Å². The van der Waals surface area contributed by atoms with Gasteiger partial charge in [0, 0.05) is 23.4 Å². The van der Waals surface area contributed by atoms with E-state index >= 15 is 0 Å². The Morgan fingerprint density at radius 2 is 1.55 bits per heavy atom. The van der Waals surface area contributed by atoms with Crippen LogP contribution in [0.2, 0.25) is 0 Å². The molecule has 0 aliphatic rings. The van der Waals surface area contributed by atoms with E-state index < -0.39 is 22.6 Å². The second kappa shape index (κ2) is 5.84. The molecule has 22 heavy (non-hydrogen) atoms. The number of hydrogen-bond acceptors (Lipinski definition) is 3. The van der Waals surface area contributed by atoms with Gasteiger partial charge in [-0.25, -0.2) is 0 Å². The number of amides is 1. The van der Waals surface area contributed by atoms with E-state index in [0.29, 0.717) is 5.69 Å². The average Bonchev–Trinajstić information content (AvgIpc) is 2.47. The van der Waals surface area contributed by atoms with Crippen LogP contribution < -0.4 is 5.32 Å². The molecule has 0 spiro atoms. The fourth-order valence-corrected chi connectivity index (χ4v) is 1.68. The fraction of sp³-hybridized carbons (Fsp3) is 0.0714. The zero-order chi connectivity index (χ0) is 16.3. The summed E-state index contributed by atoms with van der Waals surface area (Å²) < 4.78 is 37.2. The Hall–Kier alpha value is -2.90. The van der Waals surface area contributed by atoms with Crippen LogP contribution in [0.5, 0.6) is 0 Å². The van der Waals surface area contributed by atoms with Crippen molar-refractivity contribution in [3.63, 3.8) is 0 Å². The number of nitro benzene ring substituents is 1. The number of anilines is 1. The summed E-state index contributed by atoms with van der Waals surface area (Å²) in [5.74, 6) is -0.609. The van der Waals surface area contributed by atoms with Gasteiger partial charge >= 0.3 is 6.18 Å². The van der Waals surface area contributed by atoms with E-state index in [0.717, 1.165) is 24.3 Å². The highest BCUT2D eigenvalue weighted by atomic mass is 19.4. The molecule has 0 aromatic heterocycles. The smallest absolute Gasteiger partial charge is 0.322 e. The molecule has 2 rings (SSSR count). The van der Waals surface area contributed by atoms with Crippen molar-refractivity contribution in [1.82, 2.24) is 0 Å². The maximum atomic E-state index is 12.4. The molecular formula is C14H9F3N2O3. The van der Waals surface area contributed by atoms with E-state index in [9.17, 15) is 28.1 Å². The molecule has 0 bridgehead atoms. The van der Waals surface area contributed by atoms with Gasteiger partial charge in [-0.1, -0.05) is 0 Å². The van der Waals surface area contributed by atoms with Crippen LogP contribution in [-0.2, 0) is 6.18 Å². The van der Waals surface area contributed by atoms with Crippen LogP contribution in [0.4, 0.5) is 24.5 Å². The quantitative estimate of drug-likeness (QED) is 0.691. The number of nitrogens with one attached hydrogen (secondary N) is 1. The molecule has 1 amide bonds. The monoisotopic (exact) mass is 310 g/mol. The number of nitrogens with zero attached hydrogens (tertiary/aromatic N) is 1. The SMILES string of the molecule is O=C(Nc1ccc([N+](=O)[O-])cc1)c1ccc(C(F)(F)F)cc1. The number of carbonyl (C=O) groups excluding carboxylic acids is 1. The van der Waals surface area contributed by atoms with Gasteiger partial charge in [-0.15, -0.1) is 0 Å². The third-order valence-electron chi connectivity index (χ3n) is 2.81. The van der Waals surface area contributed by atoms with E-state index in [1.54, 1.807) is 0 Å². The van der Waals surface area contributed by atoms with E-state index in [1.165, 1.54) is 24.3 Å². The number of nitro groups is 1. The van der Waals surface area contributed by atoms with Gasteiger partial charge in [0.2, 0.25) is 0 Å². The predicted molar refractivity (Wildman–Crippen MR) is 72.5 cm³/mol. The molecule has 0 radical (unpaired) electrons. The Morgan fingerprint density at radius 1 is 1.00 bits per heavy atom. The minimum absolute atomic E-state index is 0.0475. The highest BCUT2D eigenvalue weighted by Crippen LogP contribution is 2.29. The maximum absolute atomic E-state index is 12.4. The number of alkyl halides is 3. The molecule has 0 saturated carbocycles. The van der Waals surface area contributed by atoms with Crippen LogP contribution in [0.25, 0.3) is 0 Å². The van der Waals surface area contributed by atoms with Gasteiger partial charge < -0.3 is 5.32 Å². The van der Waals surface area contributed by atoms with E-state index in [4.69, 9.17) is 0 Å². The molecule has 0 unspecified atom stereocenters. The Bertz CT molecular complexity index is 695. The number of hydrogen-bond donors (Lipinski definition) is 1. The summed E-state index contributed by atoms with van der Waals surface area (Å²) in [6.45, 7) is 0. The zero-order valence-corrected chi connectivity index (χ0v) is 10.9. The topological polar surface area (TPSA) is 72.2 Å². The third kappa shape index (κ3) is 3.60. The fourth-order valence-electron chi connectivity index (χ4n) is 1.68. The number of benzene rings is 2. The highest BCUT2D eigenvalue weighted by molar-refractivity contribution is 6.04. The van der Waals surface area contributed by atoms with Crippen molar-refractivity contribution in [2.45, 2.75) is 6.18 Å². The normalized spacial score (nSPS) is 11.0. The summed E-state index contributed by atoms with van der Waals surface area (Å²) in [5.41, 5.74) is -0.631. The molecule has 0 aliphatic heterocycles. The van der Waals surface area contributed by atoms with Crippen molar-refractivity contribution in [3.8, 4) is 0 Å². The standard InChI is InChI=1S/C14H9F3N2O3/c15-14(16,17)10-3-1-9(2-4-10)13(20)18-11-5-7-12(8-6-11)19(21)22/h1-8H,(H,18,20). The molecule has 1 N–H and O–H groups in total. The van der Waals surface area contributed by atoms with Crippen LogP contribution in [0.1, 0.15) is 15.9 Å². The summed E-state index contributed by atoms with van der Waals surface area (Å²) in [6, 6.07) is 8.83. The Labute approximate surface area is 122 Å². The van der Waals surface area contributed by atoms with Crippen LogP contribution in [0, 0.1) is 10.1 Å². The first kappa shape index (κ1) is 15.5. The summed E-state index contributed by atoms with van der Waals surface area (Å²) in [4.78, 5) is 21.8. The van der Waals surface area contributed by atoms with E-state index in [1.807, 2.05) is 0 Å². The van der Waals surface area contributed by atoms with Gasteiger partial charge in [-0.2, -0.15) is 13.2 Å². The van der Waals surface area contributed by atoms with Crippen LogP contribution >= 0.6 is 0 Å². The van der Waals surface area contributed by atoms with Crippen molar-refractivity contribution in [2.24, 2.45) is 0 Å². The first-order valence-electron chi connectivity index (χ1n) is 6.00. The van der Waals surface area contributed by atoms with Gasteiger partial charge in [0.05, 0.1) is 10.5 Å². The molecule has 114 valence electrons. The summed E-state index contributed by atoms with van der Waals surface area (Å²) in [7, 11) is 0. The average molecular weight is 310 g/mol. The van der Waals surface area contributed by atoms with E-state index in [-0.39, 0.29) is 11.3 Å². The van der Waals surface area contributed by atoms with Crippen molar-refractivity contribution in [2.75, 3.05) is 5.32 Å². The molecule has 2 aromatic carbocycles. The lowest BCUT2D eigenvalue weighted by atomic mass is 10.1. The van der Waals surface area contributed by atoms with Crippen LogP contribution in [-0.4, -0.2) is 10.8 Å². The third-order valence-corrected chi connectivity index (χ3v) is 2.81. The lowest BCUT2D eigenvalue weighted by Crippen LogP contribution is -2.12. The summed E-state index contributed by atoms with van der Waals surface area (Å²) in [6.07, 6.45) is -4.46. The molecule has 8 heteroatoms. The largest absolute Gasteiger partial charge is 0.416 e. The molecule has 0 heterocycles. The molecule has 0 atom stereocenters. The summed E-state index contributed by atoms with van der Waals surface area (Å²) >= 11 is 0. The first-order chi connectivity index (χ1) is 10.3. The molecule has 5 nitrogen and oxygen atoms in total. The summed E-state index contributed by atoms with van der Waals surface area (Å²) in [5, 5.41) is 12.9. The minimum Gasteiger partial charge on any atom is -0.322 e. The number of rotatable bonds is 3. The lowest BCUT2D eigenvalue weighted by molar-refractivity contribution is -0.384. The van der Waals surface area contributed by atoms with Gasteiger partial charge in [0.15, 0.2) is 0 Å². The number of carbonyl (C=O) groups is 1. The molecule has 2 aromatic rings. The second-order valence-electron chi connectivity index (χ2n) is 4.33. The number of halogens is 3. The van der Waals surface area contributed by atoms with Gasteiger partial charge in [0.25, 0.3) is 11.6 Å². The number of non-ortho nitro benzene ring substituents is 1. The second-order valence-corrected chi connectivity index (χ2v) is 4.33. The van der Waals surface area contributed by atoms with Crippen LogP contribution in [0.15, 0.2) is 48.5 Å². The molecule has 0 saturated heterocycles. The van der Waals surface area contributed by atoms with Crippen molar-refractivity contribution >= 4 is 17.3 Å². The van der Waals surface area contributed by atoms with Crippen LogP contribution in [0.3, 0.4) is 0 Å². The van der Waals surface area contributed by atoms with Gasteiger partial charge in [-0.05, 0) is 36.4 Å². The van der Waals surface area contributed by atoms with Crippen molar-refractivity contribution in [3.05, 3.63) is 69.8 Å². The Balaban J connectivity index is 2.10. The van der Waals surface area contributed by atoms with Crippen molar-refractivity contribution in [1.29, 1.82) is 0 Å². The van der Waals surface area contributed by atoms with Crippen molar-refractivity contribution < 1.29 is 22.9 Å². The Morgan fingerprint density at radius 3 is 2.00 bits per heavy atom.